The van der Waals surface area contributed by atoms with Crippen LogP contribution in [-0.4, -0.2) is 163 Å². The molecule has 4 amide bonds. The molecule has 0 N–H and O–H groups in total. The van der Waals surface area contributed by atoms with Gasteiger partial charge >= 0.3 is 23.9 Å². The number of likely N-dealkylation sites (N-methyl/N-ethyl adjacent to an activating group) is 4. The first kappa shape index (κ1) is 67.4. The first-order valence-electron chi connectivity index (χ1n) is 29.7. The SMILES string of the molecule is CCc1cnn(Cc2ccc(C[C@H]3OC(=O)[C@H](CC(C)C)N(C)C(=O)[C@@H](C)OC(=O)[C@H](CC(C)C)N(C)C(=O)[C@@H](Cc4cccc(Cn5cc(CC)cn5)c4)OC(=O)[C@H](CC(C)C)N(C)C(=O)[C@@H](C)OC(=O)[C@H](CC(C)C)N(C)C3=O)cc2)c1. The molecule has 1 fully saturated rings. The van der Waals surface area contributed by atoms with Gasteiger partial charge in [0.1, 0.15) is 24.2 Å². The van der Waals surface area contributed by atoms with Crippen molar-refractivity contribution in [2.24, 2.45) is 23.7 Å². The van der Waals surface area contributed by atoms with Crippen LogP contribution < -0.4 is 0 Å². The molecule has 8 atom stereocenters. The summed E-state index contributed by atoms with van der Waals surface area (Å²) in [6, 6.07) is 9.68. The Morgan fingerprint density at radius 2 is 0.738 bits per heavy atom. The standard InChI is InChI=1S/C64H92N8O12/c1-17-45-33-65-71(35-45)37-48-24-22-47(23-25-48)31-55-59(75)69(15)51(26-39(3)4)61(77)81-44(12)58(74)68(14)54(29-42(9)10)64(80)84-56(32-49-20-19-21-50(30-49)38-72-36-46(18-2)34-66-72)60(76)70(16)52(27-40(5)6)62(78)82-43(11)57(73)67(13)53(28-41(7)8)63(79)83-55/h19-25,30,33-36,39-44,51-56H,17-18,26-29,31-32,37-38H2,1-16H3/t43-,44-,51+,52+,53+,54+,55-,56-/m1/s1. The van der Waals surface area contributed by atoms with Gasteiger partial charge in [-0.25, -0.2) is 19.2 Å². The fourth-order valence-electron chi connectivity index (χ4n) is 10.3. The lowest BCUT2D eigenvalue weighted by atomic mass is 9.99. The van der Waals surface area contributed by atoms with Gasteiger partial charge in [0, 0.05) is 53.4 Å². The molecule has 84 heavy (non-hydrogen) atoms. The Bertz CT molecular complexity index is 2860. The zero-order chi connectivity index (χ0) is 62.3. The number of aryl methyl sites for hydroxylation is 2. The monoisotopic (exact) mass is 1160 g/mol. The van der Waals surface area contributed by atoms with Crippen molar-refractivity contribution in [2.45, 2.75) is 196 Å². The fourth-order valence-corrected chi connectivity index (χ4v) is 10.3. The molecule has 3 heterocycles. The molecule has 2 aromatic heterocycles. The highest BCUT2D eigenvalue weighted by Gasteiger charge is 2.43. The van der Waals surface area contributed by atoms with Crippen LogP contribution in [-0.2, 0) is 96.1 Å². The van der Waals surface area contributed by atoms with E-state index in [0.717, 1.165) is 44.9 Å². The van der Waals surface area contributed by atoms with Crippen molar-refractivity contribution < 1.29 is 57.3 Å². The van der Waals surface area contributed by atoms with Gasteiger partial charge in [0.25, 0.3) is 23.6 Å². The van der Waals surface area contributed by atoms with E-state index in [-0.39, 0.29) is 62.2 Å². The van der Waals surface area contributed by atoms with Crippen LogP contribution in [0.15, 0.2) is 73.3 Å². The van der Waals surface area contributed by atoms with Crippen LogP contribution in [0.5, 0.6) is 0 Å². The number of nitrogens with zero attached hydrogens (tertiary/aromatic N) is 8. The summed E-state index contributed by atoms with van der Waals surface area (Å²) < 4.78 is 28.0. The highest BCUT2D eigenvalue weighted by Crippen LogP contribution is 2.25. The molecule has 2 aromatic carbocycles. The molecule has 0 unspecified atom stereocenters. The minimum Gasteiger partial charge on any atom is -0.451 e. The average molecular weight is 1170 g/mol. The van der Waals surface area contributed by atoms with Crippen molar-refractivity contribution in [1.82, 2.24) is 39.2 Å². The van der Waals surface area contributed by atoms with Gasteiger partial charge in [-0.1, -0.05) is 118 Å². The maximum absolute atomic E-state index is 15.1. The maximum atomic E-state index is 15.1. The zero-order valence-corrected chi connectivity index (χ0v) is 52.4. The van der Waals surface area contributed by atoms with Crippen LogP contribution in [0.4, 0.5) is 0 Å². The Morgan fingerprint density at radius 3 is 1.10 bits per heavy atom. The largest absolute Gasteiger partial charge is 0.451 e. The average Bonchev–Trinajstić information content (AvgIpc) is 4.25. The van der Waals surface area contributed by atoms with E-state index >= 15 is 9.59 Å². The lowest BCUT2D eigenvalue weighted by Crippen LogP contribution is -2.55. The molecule has 0 bridgehead atoms. The predicted octanol–water partition coefficient (Wildman–Crippen LogP) is 7.28. The molecule has 0 spiro atoms. The van der Waals surface area contributed by atoms with Crippen LogP contribution in [0.25, 0.3) is 0 Å². The van der Waals surface area contributed by atoms with Gasteiger partial charge in [0.2, 0.25) is 0 Å². The first-order valence-corrected chi connectivity index (χ1v) is 29.7. The quantitative estimate of drug-likeness (QED) is 0.0706. The minimum absolute atomic E-state index is 0.0818. The molecule has 1 aliphatic rings. The Kier molecular flexibility index (Phi) is 24.8. The lowest BCUT2D eigenvalue weighted by molar-refractivity contribution is -0.176. The maximum Gasteiger partial charge on any atom is 0.329 e. The van der Waals surface area contributed by atoms with Crippen LogP contribution in [0.3, 0.4) is 0 Å². The molecule has 0 saturated carbocycles. The Hall–Kier alpha value is -7.38. The van der Waals surface area contributed by atoms with Crippen LogP contribution in [0, 0.1) is 23.7 Å². The van der Waals surface area contributed by atoms with E-state index in [1.807, 2.05) is 135 Å². The van der Waals surface area contributed by atoms with Gasteiger partial charge in [0.05, 0.1) is 25.5 Å². The van der Waals surface area contributed by atoms with Crippen LogP contribution >= 0.6 is 0 Å². The number of carbonyl (C=O) groups is 8. The second kappa shape index (κ2) is 31.0. The van der Waals surface area contributed by atoms with E-state index in [4.69, 9.17) is 18.9 Å². The Balaban J connectivity index is 1.59. The van der Waals surface area contributed by atoms with Crippen molar-refractivity contribution in [3.63, 3.8) is 0 Å². The van der Waals surface area contributed by atoms with Crippen LogP contribution in [0.2, 0.25) is 0 Å². The molecule has 20 heteroatoms. The van der Waals surface area contributed by atoms with Crippen molar-refractivity contribution in [3.05, 3.63) is 107 Å². The van der Waals surface area contributed by atoms with Crippen molar-refractivity contribution >= 4 is 47.5 Å². The van der Waals surface area contributed by atoms with Crippen molar-refractivity contribution in [2.75, 3.05) is 28.2 Å². The number of hydrogen-bond acceptors (Lipinski definition) is 14. The van der Waals surface area contributed by atoms with Crippen molar-refractivity contribution in [1.29, 1.82) is 0 Å². The van der Waals surface area contributed by atoms with Crippen molar-refractivity contribution in [3.8, 4) is 0 Å². The van der Waals surface area contributed by atoms with E-state index in [2.05, 4.69) is 10.2 Å². The van der Waals surface area contributed by atoms with Gasteiger partial charge in [-0.2, -0.15) is 10.2 Å². The van der Waals surface area contributed by atoms with Gasteiger partial charge in [0.15, 0.2) is 24.4 Å². The highest BCUT2D eigenvalue weighted by molar-refractivity contribution is 5.94. The molecule has 0 aliphatic carbocycles. The Morgan fingerprint density at radius 1 is 0.417 bits per heavy atom. The van der Waals surface area contributed by atoms with Gasteiger partial charge in [-0.05, 0) is 109 Å². The summed E-state index contributed by atoms with van der Waals surface area (Å²) in [5, 5.41) is 8.93. The number of aromatic nitrogens is 4. The molecule has 20 nitrogen and oxygen atoms in total. The topological polar surface area (TPSA) is 222 Å². The van der Waals surface area contributed by atoms with Gasteiger partial charge in [-0.15, -0.1) is 0 Å². The van der Waals surface area contributed by atoms with Gasteiger partial charge in [-0.3, -0.25) is 28.5 Å². The van der Waals surface area contributed by atoms with E-state index in [0.29, 0.717) is 24.2 Å². The summed E-state index contributed by atoms with van der Waals surface area (Å²) in [5.74, 6) is -7.41. The molecule has 4 aromatic rings. The zero-order valence-electron chi connectivity index (χ0n) is 52.4. The number of carbonyl (C=O) groups excluding carboxylic acids is 8. The minimum atomic E-state index is -1.54. The number of benzene rings is 2. The molecular weight excluding hydrogens is 1070 g/mol. The highest BCUT2D eigenvalue weighted by atomic mass is 16.6. The number of hydrogen-bond donors (Lipinski definition) is 0. The second-order valence-electron chi connectivity index (χ2n) is 24.2. The normalized spacial score (nSPS) is 22.7. The predicted molar refractivity (Wildman–Crippen MR) is 317 cm³/mol. The number of esters is 4. The third kappa shape index (κ3) is 18.8. The fraction of sp³-hybridized carbons (Fsp3) is 0.594. The van der Waals surface area contributed by atoms with E-state index in [9.17, 15) is 28.8 Å². The number of cyclic esters (lactones) is 4. The number of rotatable bonds is 18. The Labute approximate surface area is 496 Å². The summed E-state index contributed by atoms with van der Waals surface area (Å²) in [6.45, 7) is 22.6. The summed E-state index contributed by atoms with van der Waals surface area (Å²) in [5.41, 5.74) is 5.19. The van der Waals surface area contributed by atoms with Crippen LogP contribution in [0.1, 0.15) is 142 Å². The number of ether oxygens (including phenoxy) is 4. The molecule has 0 radical (unpaired) electrons. The molecule has 1 aliphatic heterocycles. The first-order chi connectivity index (χ1) is 39.6. The van der Waals surface area contributed by atoms with E-state index < -0.39 is 96.1 Å². The molecular formula is C64H92N8O12. The summed E-state index contributed by atoms with van der Waals surface area (Å²) in [7, 11) is 5.60. The smallest absolute Gasteiger partial charge is 0.329 e. The number of amides is 4. The lowest BCUT2D eigenvalue weighted by Gasteiger charge is -2.35. The third-order valence-electron chi connectivity index (χ3n) is 15.2. The second-order valence-corrected chi connectivity index (χ2v) is 24.2. The van der Waals surface area contributed by atoms with E-state index in [1.165, 1.54) is 51.8 Å². The molecule has 460 valence electrons. The van der Waals surface area contributed by atoms with E-state index in [1.54, 1.807) is 16.9 Å². The van der Waals surface area contributed by atoms with Gasteiger partial charge < -0.3 is 38.5 Å². The summed E-state index contributed by atoms with van der Waals surface area (Å²) >= 11 is 0. The summed E-state index contributed by atoms with van der Waals surface area (Å²) in [6.07, 6.45) is 3.20. The third-order valence-corrected chi connectivity index (χ3v) is 15.2. The molecule has 1 saturated heterocycles. The summed E-state index contributed by atoms with van der Waals surface area (Å²) in [4.78, 5) is 123. The molecule has 5 rings (SSSR count).